The Hall–Kier alpha value is -1.40. The SMILES string of the molecule is COc1ccc(C(=O)N[C@H]([NH2+]Cc2ccco2)C(Cl)(Cl)Cl)cc1. The number of carbonyl (C=O) groups is 1. The predicted molar refractivity (Wildman–Crippen MR) is 88.9 cm³/mol. The third-order valence-corrected chi connectivity index (χ3v) is 3.83. The van der Waals surface area contributed by atoms with Gasteiger partial charge in [0.1, 0.15) is 12.3 Å². The molecule has 1 aromatic heterocycles. The molecule has 0 aliphatic heterocycles. The molecule has 8 heteroatoms. The van der Waals surface area contributed by atoms with Crippen LogP contribution in [0.2, 0.25) is 0 Å². The normalized spacial score (nSPS) is 12.7. The highest BCUT2D eigenvalue weighted by Gasteiger charge is 2.37. The summed E-state index contributed by atoms with van der Waals surface area (Å²) in [4.78, 5) is 12.3. The summed E-state index contributed by atoms with van der Waals surface area (Å²) in [5, 5.41) is 4.39. The van der Waals surface area contributed by atoms with Crippen molar-refractivity contribution in [1.29, 1.82) is 0 Å². The molecule has 3 N–H and O–H groups in total. The molecule has 1 amide bonds. The van der Waals surface area contributed by atoms with E-state index in [0.29, 0.717) is 23.6 Å². The van der Waals surface area contributed by atoms with Crippen molar-refractivity contribution in [2.45, 2.75) is 16.5 Å². The number of nitrogens with one attached hydrogen (secondary N) is 1. The van der Waals surface area contributed by atoms with Crippen LogP contribution in [0.15, 0.2) is 47.1 Å². The number of hydrogen-bond donors (Lipinski definition) is 2. The largest absolute Gasteiger partial charge is 0.497 e. The summed E-state index contributed by atoms with van der Waals surface area (Å²) in [7, 11) is 1.55. The monoisotopic (exact) mass is 377 g/mol. The Morgan fingerprint density at radius 1 is 1.30 bits per heavy atom. The summed E-state index contributed by atoms with van der Waals surface area (Å²) in [6, 6.07) is 10.2. The van der Waals surface area contributed by atoms with Crippen LogP contribution in [0.1, 0.15) is 16.1 Å². The molecular formula is C15H16Cl3N2O3+. The summed E-state index contributed by atoms with van der Waals surface area (Å²) < 4.78 is 8.61. The molecule has 0 fully saturated rings. The first kappa shape index (κ1) is 17.9. The second kappa shape index (κ2) is 7.93. The molecule has 1 atom stereocenters. The standard InChI is InChI=1S/C15H15Cl3N2O3/c1-22-11-6-4-10(5-7-11)13(21)20-14(15(16,17)18)19-9-12-3-2-8-23-12/h2-8,14,19H,9H2,1H3,(H,20,21)/p+1/t14-/m0/s1. The number of furan rings is 1. The van der Waals surface area contributed by atoms with Crippen LogP contribution in [0.5, 0.6) is 5.75 Å². The number of amides is 1. The van der Waals surface area contributed by atoms with E-state index in [0.717, 1.165) is 0 Å². The van der Waals surface area contributed by atoms with E-state index in [1.807, 2.05) is 0 Å². The van der Waals surface area contributed by atoms with Crippen LogP contribution in [0.3, 0.4) is 0 Å². The number of ether oxygens (including phenoxy) is 1. The maximum absolute atomic E-state index is 12.3. The number of halogens is 3. The Morgan fingerprint density at radius 3 is 2.52 bits per heavy atom. The Morgan fingerprint density at radius 2 is 2.00 bits per heavy atom. The number of quaternary nitrogens is 1. The molecule has 5 nitrogen and oxygen atoms in total. The number of carbonyl (C=O) groups excluding carboxylic acids is 1. The van der Waals surface area contributed by atoms with E-state index >= 15 is 0 Å². The Balaban J connectivity index is 2.02. The van der Waals surface area contributed by atoms with Gasteiger partial charge in [0.2, 0.25) is 6.17 Å². The van der Waals surface area contributed by atoms with E-state index in [-0.39, 0.29) is 5.91 Å². The molecule has 1 aromatic carbocycles. The summed E-state index contributed by atoms with van der Waals surface area (Å²) in [5.41, 5.74) is 0.441. The van der Waals surface area contributed by atoms with Crippen molar-refractivity contribution in [2.24, 2.45) is 0 Å². The molecule has 1 heterocycles. The lowest BCUT2D eigenvalue weighted by molar-refractivity contribution is -0.708. The molecule has 0 aliphatic carbocycles. The first-order valence-corrected chi connectivity index (χ1v) is 7.91. The van der Waals surface area contributed by atoms with Crippen LogP contribution in [-0.4, -0.2) is 23.0 Å². The highest BCUT2D eigenvalue weighted by Crippen LogP contribution is 2.27. The first-order valence-electron chi connectivity index (χ1n) is 6.77. The van der Waals surface area contributed by atoms with Crippen LogP contribution >= 0.6 is 34.8 Å². The number of benzene rings is 1. The molecular weight excluding hydrogens is 363 g/mol. The van der Waals surface area contributed by atoms with Crippen LogP contribution in [-0.2, 0) is 6.54 Å². The summed E-state index contributed by atoms with van der Waals surface area (Å²) in [6.45, 7) is 0.425. The summed E-state index contributed by atoms with van der Waals surface area (Å²) >= 11 is 17.9. The maximum atomic E-state index is 12.3. The van der Waals surface area contributed by atoms with Gasteiger partial charge in [-0.1, -0.05) is 34.8 Å². The van der Waals surface area contributed by atoms with Crippen molar-refractivity contribution in [3.63, 3.8) is 0 Å². The molecule has 2 rings (SSSR count). The van der Waals surface area contributed by atoms with Crippen LogP contribution < -0.4 is 15.4 Å². The molecule has 0 saturated heterocycles. The van der Waals surface area contributed by atoms with Gasteiger partial charge >= 0.3 is 0 Å². The molecule has 0 spiro atoms. The van der Waals surface area contributed by atoms with Crippen molar-refractivity contribution in [3.05, 3.63) is 54.0 Å². The van der Waals surface area contributed by atoms with E-state index in [9.17, 15) is 4.79 Å². The second-order valence-electron chi connectivity index (χ2n) is 4.74. The van der Waals surface area contributed by atoms with Gasteiger partial charge in [0.15, 0.2) is 5.76 Å². The van der Waals surface area contributed by atoms with Gasteiger partial charge in [-0.3, -0.25) is 10.1 Å². The number of rotatable bonds is 6. The minimum Gasteiger partial charge on any atom is -0.497 e. The molecule has 0 unspecified atom stereocenters. The highest BCUT2D eigenvalue weighted by atomic mass is 35.6. The predicted octanol–water partition coefficient (Wildman–Crippen LogP) is 2.48. The van der Waals surface area contributed by atoms with Crippen molar-refractivity contribution < 1.29 is 19.3 Å². The van der Waals surface area contributed by atoms with Gasteiger partial charge in [-0.05, 0) is 36.4 Å². The van der Waals surface area contributed by atoms with Crippen molar-refractivity contribution in [1.82, 2.24) is 5.32 Å². The Bertz CT molecular complexity index is 624. The number of nitrogens with two attached hydrogens (primary N) is 1. The van der Waals surface area contributed by atoms with Crippen LogP contribution in [0, 0.1) is 0 Å². The smallest absolute Gasteiger partial charge is 0.262 e. The van der Waals surface area contributed by atoms with E-state index in [2.05, 4.69) is 5.32 Å². The van der Waals surface area contributed by atoms with Gasteiger partial charge in [-0.2, -0.15) is 0 Å². The third kappa shape index (κ3) is 5.32. The van der Waals surface area contributed by atoms with E-state index in [1.165, 1.54) is 0 Å². The lowest BCUT2D eigenvalue weighted by Crippen LogP contribution is -2.95. The number of alkyl halides is 3. The molecule has 23 heavy (non-hydrogen) atoms. The van der Waals surface area contributed by atoms with Crippen LogP contribution in [0.4, 0.5) is 0 Å². The van der Waals surface area contributed by atoms with Crippen LogP contribution in [0.25, 0.3) is 0 Å². The average Bonchev–Trinajstić information content (AvgIpc) is 3.03. The minimum atomic E-state index is -1.67. The quantitative estimate of drug-likeness (QED) is 0.599. The first-order chi connectivity index (χ1) is 10.9. The Kier molecular flexibility index (Phi) is 6.18. The average molecular weight is 379 g/mol. The second-order valence-corrected chi connectivity index (χ2v) is 7.11. The van der Waals surface area contributed by atoms with E-state index in [1.54, 1.807) is 55.1 Å². The molecule has 0 saturated carbocycles. The minimum absolute atomic E-state index is 0.348. The fourth-order valence-electron chi connectivity index (χ4n) is 1.90. The zero-order valence-electron chi connectivity index (χ0n) is 12.3. The fraction of sp³-hybridized carbons (Fsp3) is 0.267. The van der Waals surface area contributed by atoms with Gasteiger partial charge in [-0.15, -0.1) is 0 Å². The maximum Gasteiger partial charge on any atom is 0.262 e. The van der Waals surface area contributed by atoms with Gasteiger partial charge in [0, 0.05) is 5.56 Å². The summed E-state index contributed by atoms with van der Waals surface area (Å²) in [6.07, 6.45) is 0.788. The fourth-order valence-corrected chi connectivity index (χ4v) is 2.34. The zero-order chi connectivity index (χ0) is 16.9. The van der Waals surface area contributed by atoms with Crippen molar-refractivity contribution >= 4 is 40.7 Å². The number of hydrogen-bond acceptors (Lipinski definition) is 3. The van der Waals surface area contributed by atoms with Gasteiger partial charge in [-0.25, -0.2) is 0 Å². The molecule has 0 aliphatic rings. The van der Waals surface area contributed by atoms with E-state index < -0.39 is 9.96 Å². The molecule has 2 aromatic rings. The molecule has 124 valence electrons. The van der Waals surface area contributed by atoms with E-state index in [4.69, 9.17) is 44.0 Å². The van der Waals surface area contributed by atoms with Gasteiger partial charge in [0.25, 0.3) is 9.70 Å². The van der Waals surface area contributed by atoms with Crippen molar-refractivity contribution in [2.75, 3.05) is 7.11 Å². The molecule has 0 radical (unpaired) electrons. The third-order valence-electron chi connectivity index (χ3n) is 3.13. The highest BCUT2D eigenvalue weighted by molar-refractivity contribution is 6.68. The zero-order valence-corrected chi connectivity index (χ0v) is 14.5. The van der Waals surface area contributed by atoms with Gasteiger partial charge < -0.3 is 14.5 Å². The lowest BCUT2D eigenvalue weighted by Gasteiger charge is -2.23. The van der Waals surface area contributed by atoms with Gasteiger partial charge in [0.05, 0.1) is 13.4 Å². The summed E-state index contributed by atoms with van der Waals surface area (Å²) in [5.74, 6) is 1.02. The lowest BCUT2D eigenvalue weighted by atomic mass is 10.2. The Labute approximate surface area is 148 Å². The molecule has 0 bridgehead atoms. The topological polar surface area (TPSA) is 68.1 Å². The van der Waals surface area contributed by atoms with Crippen molar-refractivity contribution in [3.8, 4) is 5.75 Å². The number of methoxy groups -OCH3 is 1.